The highest BCUT2D eigenvalue weighted by Crippen LogP contribution is 2.31. The highest BCUT2D eigenvalue weighted by molar-refractivity contribution is 6.45. The van der Waals surface area contributed by atoms with Crippen molar-refractivity contribution >= 4 is 29.8 Å². The van der Waals surface area contributed by atoms with E-state index < -0.39 is 12.0 Å². The number of hydrogen-bond donors (Lipinski definition) is 5. The zero-order valence-electron chi connectivity index (χ0n) is 21.1. The molecule has 2 amide bonds. The van der Waals surface area contributed by atoms with Crippen molar-refractivity contribution < 1.29 is 29.0 Å². The lowest BCUT2D eigenvalue weighted by atomic mass is 10.0. The van der Waals surface area contributed by atoms with Gasteiger partial charge in [-0.3, -0.25) is 14.6 Å². The fraction of sp³-hybridized carbons (Fsp3) is 0.400. The van der Waals surface area contributed by atoms with Crippen molar-refractivity contribution in [1.82, 2.24) is 5.32 Å². The van der Waals surface area contributed by atoms with Crippen molar-refractivity contribution in [1.29, 1.82) is 0 Å². The summed E-state index contributed by atoms with van der Waals surface area (Å²) in [5.74, 6) is -1.29. The number of phenolic OH excluding ortho intramolecular Hbond substituents is 1. The zero-order valence-corrected chi connectivity index (χ0v) is 21.1. The molecule has 200 valence electrons. The van der Waals surface area contributed by atoms with Crippen LogP contribution in [-0.2, 0) is 20.9 Å². The monoisotopic (exact) mass is 514 g/mol. The Morgan fingerprint density at radius 3 is 2.59 bits per heavy atom. The standard InChI is InChI=1S/C25H34N6O6/c1-14(2)30-25(35)37-17-8-7-15(9-17)19(26)10-22(27)31-24(34)20(29-3)11-23(28)36-13-16-5-4-6-21(33)18(16)12-32/h4-6,10-12,14-15,17,33H,7-9,13,26,28H2,1-3H3,(H,30,35)(H2,27,31,34)/b19-10-,23-11+,29-20?/t15-,17+/m0/s1. The molecule has 1 aliphatic carbocycles. The van der Waals surface area contributed by atoms with Crippen molar-refractivity contribution in [2.75, 3.05) is 7.05 Å². The van der Waals surface area contributed by atoms with Gasteiger partial charge in [-0.2, -0.15) is 4.99 Å². The molecule has 0 unspecified atom stereocenters. The average molecular weight is 515 g/mol. The first-order chi connectivity index (χ1) is 17.5. The van der Waals surface area contributed by atoms with E-state index >= 15 is 0 Å². The number of amidine groups is 1. The van der Waals surface area contributed by atoms with Crippen LogP contribution in [0.3, 0.4) is 0 Å². The van der Waals surface area contributed by atoms with Gasteiger partial charge in [-0.1, -0.05) is 12.1 Å². The number of aromatic hydroxyl groups is 1. The van der Waals surface area contributed by atoms with E-state index in [-0.39, 0.29) is 53.4 Å². The number of carbonyl (C=O) groups excluding carboxylic acids is 3. The molecular formula is C25H34N6O6. The molecule has 0 heterocycles. The Balaban J connectivity index is 1.98. The number of alkyl carbamates (subject to hydrolysis) is 1. The van der Waals surface area contributed by atoms with Crippen LogP contribution in [0.25, 0.3) is 0 Å². The Morgan fingerprint density at radius 1 is 1.22 bits per heavy atom. The highest BCUT2D eigenvalue weighted by Gasteiger charge is 2.29. The van der Waals surface area contributed by atoms with Crippen LogP contribution in [0.2, 0.25) is 0 Å². The third-order valence-corrected chi connectivity index (χ3v) is 5.51. The molecule has 0 aromatic heterocycles. The average Bonchev–Trinajstić information content (AvgIpc) is 3.28. The van der Waals surface area contributed by atoms with Crippen molar-refractivity contribution in [3.63, 3.8) is 0 Å². The van der Waals surface area contributed by atoms with Gasteiger partial charge in [0.05, 0.1) is 5.56 Å². The van der Waals surface area contributed by atoms with Gasteiger partial charge < -0.3 is 37.1 Å². The SMILES string of the molecule is CN=C(/C=C(\N)OCc1cccc(O)c1C=O)C(=O)N=C(N)/C=C(\N)[C@H]1CC[C@@H](OC(=O)NC(C)C)C1. The lowest BCUT2D eigenvalue weighted by molar-refractivity contribution is -0.111. The van der Waals surface area contributed by atoms with E-state index in [0.717, 1.165) is 0 Å². The number of aliphatic imine (C=N–C) groups is 2. The van der Waals surface area contributed by atoms with Gasteiger partial charge in [-0.15, -0.1) is 0 Å². The van der Waals surface area contributed by atoms with Crippen LogP contribution in [-0.4, -0.2) is 54.1 Å². The summed E-state index contributed by atoms with van der Waals surface area (Å²) in [5, 5.41) is 12.4. The summed E-state index contributed by atoms with van der Waals surface area (Å²) in [6.07, 6.45) is 4.26. The second-order valence-electron chi connectivity index (χ2n) is 8.73. The second kappa shape index (κ2) is 13.7. The summed E-state index contributed by atoms with van der Waals surface area (Å²) >= 11 is 0. The van der Waals surface area contributed by atoms with Gasteiger partial charge in [0.1, 0.15) is 30.0 Å². The lowest BCUT2D eigenvalue weighted by Gasteiger charge is -2.15. The molecule has 12 nitrogen and oxygen atoms in total. The molecule has 0 bridgehead atoms. The van der Waals surface area contributed by atoms with Gasteiger partial charge >= 0.3 is 6.09 Å². The number of rotatable bonds is 10. The van der Waals surface area contributed by atoms with Crippen molar-refractivity contribution in [2.24, 2.45) is 33.1 Å². The van der Waals surface area contributed by atoms with Crippen molar-refractivity contribution in [3.8, 4) is 5.75 Å². The van der Waals surface area contributed by atoms with Crippen molar-refractivity contribution in [2.45, 2.75) is 51.9 Å². The summed E-state index contributed by atoms with van der Waals surface area (Å²) in [7, 11) is 1.38. The summed E-state index contributed by atoms with van der Waals surface area (Å²) in [6.45, 7) is 3.57. The van der Waals surface area contributed by atoms with E-state index in [9.17, 15) is 19.5 Å². The molecular weight excluding hydrogens is 480 g/mol. The Labute approximate surface area is 215 Å². The Hall–Kier alpha value is -4.35. The van der Waals surface area contributed by atoms with Crippen LogP contribution < -0.4 is 22.5 Å². The van der Waals surface area contributed by atoms with Crippen LogP contribution in [0.4, 0.5) is 4.79 Å². The predicted molar refractivity (Wildman–Crippen MR) is 139 cm³/mol. The van der Waals surface area contributed by atoms with Gasteiger partial charge in [0.25, 0.3) is 5.91 Å². The lowest BCUT2D eigenvalue weighted by Crippen LogP contribution is -2.33. The minimum absolute atomic E-state index is 0.0230. The number of carbonyl (C=O) groups is 3. The van der Waals surface area contributed by atoms with Crippen LogP contribution >= 0.6 is 0 Å². The van der Waals surface area contributed by atoms with E-state index in [4.69, 9.17) is 26.7 Å². The molecule has 12 heteroatoms. The first-order valence-electron chi connectivity index (χ1n) is 11.7. The Morgan fingerprint density at radius 2 is 1.95 bits per heavy atom. The largest absolute Gasteiger partial charge is 0.507 e. The van der Waals surface area contributed by atoms with Gasteiger partial charge in [0.2, 0.25) is 0 Å². The number of aldehydes is 1. The summed E-state index contributed by atoms with van der Waals surface area (Å²) in [6, 6.07) is 4.51. The molecule has 8 N–H and O–H groups in total. The number of allylic oxidation sites excluding steroid dienone is 1. The maximum absolute atomic E-state index is 12.5. The van der Waals surface area contributed by atoms with Gasteiger partial charge in [0.15, 0.2) is 12.2 Å². The maximum atomic E-state index is 12.5. The number of phenols is 1. The van der Waals surface area contributed by atoms with Gasteiger partial charge in [0, 0.05) is 36.3 Å². The molecule has 1 fully saturated rings. The zero-order chi connectivity index (χ0) is 27.5. The number of nitrogens with two attached hydrogens (primary N) is 3. The van der Waals surface area contributed by atoms with E-state index in [0.29, 0.717) is 36.8 Å². The molecule has 2 rings (SSSR count). The molecule has 0 spiro atoms. The van der Waals surface area contributed by atoms with Crippen LogP contribution in [0, 0.1) is 5.92 Å². The molecule has 1 aromatic rings. The molecule has 2 atom stereocenters. The van der Waals surface area contributed by atoms with Crippen LogP contribution in [0.5, 0.6) is 5.75 Å². The van der Waals surface area contributed by atoms with E-state index in [1.54, 1.807) is 12.1 Å². The third-order valence-electron chi connectivity index (χ3n) is 5.51. The first kappa shape index (κ1) is 28.9. The molecule has 0 saturated heterocycles. The fourth-order valence-electron chi connectivity index (χ4n) is 3.69. The van der Waals surface area contributed by atoms with E-state index in [2.05, 4.69) is 15.3 Å². The first-order valence-corrected chi connectivity index (χ1v) is 11.7. The number of hydrogen-bond acceptors (Lipinski definition) is 9. The minimum atomic E-state index is -0.764. The highest BCUT2D eigenvalue weighted by atomic mass is 16.6. The number of nitrogens with one attached hydrogen (secondary N) is 1. The summed E-state index contributed by atoms with van der Waals surface area (Å²) < 4.78 is 10.8. The number of amides is 2. The predicted octanol–water partition coefficient (Wildman–Crippen LogP) is 1.62. The number of nitrogens with zero attached hydrogens (tertiary/aromatic N) is 2. The quantitative estimate of drug-likeness (QED) is 0.133. The van der Waals surface area contributed by atoms with Crippen molar-refractivity contribution in [3.05, 3.63) is 53.1 Å². The van der Waals surface area contributed by atoms with E-state index in [1.165, 1.54) is 25.3 Å². The Kier molecular flexibility index (Phi) is 10.7. The van der Waals surface area contributed by atoms with E-state index in [1.807, 2.05) is 13.8 Å². The minimum Gasteiger partial charge on any atom is -0.507 e. The molecule has 1 aliphatic rings. The second-order valence-corrected chi connectivity index (χ2v) is 8.73. The van der Waals surface area contributed by atoms with Gasteiger partial charge in [-0.25, -0.2) is 4.79 Å². The normalized spacial score (nSPS) is 19.0. The number of benzene rings is 1. The van der Waals surface area contributed by atoms with Crippen LogP contribution in [0.1, 0.15) is 49.0 Å². The third kappa shape index (κ3) is 8.98. The smallest absolute Gasteiger partial charge is 0.407 e. The molecule has 0 aliphatic heterocycles. The Bertz CT molecular complexity index is 1120. The van der Waals surface area contributed by atoms with Gasteiger partial charge in [-0.05, 0) is 45.3 Å². The topological polar surface area (TPSA) is 205 Å². The van der Waals surface area contributed by atoms with Crippen LogP contribution in [0.15, 0.2) is 51.9 Å². The summed E-state index contributed by atoms with van der Waals surface area (Å²) in [5.41, 5.74) is 18.7. The molecule has 1 saturated carbocycles. The molecule has 0 radical (unpaired) electrons. The number of ether oxygens (including phenoxy) is 2. The molecule has 37 heavy (non-hydrogen) atoms. The molecule has 1 aromatic carbocycles. The fourth-order valence-corrected chi connectivity index (χ4v) is 3.69. The maximum Gasteiger partial charge on any atom is 0.407 e. The summed E-state index contributed by atoms with van der Waals surface area (Å²) in [4.78, 5) is 43.2.